The lowest BCUT2D eigenvalue weighted by atomic mass is 9.60. The molecule has 0 spiro atoms. The van der Waals surface area contributed by atoms with Gasteiger partial charge in [-0.1, -0.05) is 13.5 Å². The predicted octanol–water partition coefficient (Wildman–Crippen LogP) is 2.62. The summed E-state index contributed by atoms with van der Waals surface area (Å²) in [6.07, 6.45) is 4.02. The van der Waals surface area contributed by atoms with E-state index in [1.54, 1.807) is 6.92 Å². The highest BCUT2D eigenvalue weighted by Gasteiger charge is 2.60. The van der Waals surface area contributed by atoms with E-state index in [1.165, 1.54) is 0 Å². The Morgan fingerprint density at radius 3 is 2.80 bits per heavy atom. The Labute approximate surface area is 119 Å². The third kappa shape index (κ3) is 1.88. The standard InChI is InChI=1S/C16H22O4/c1-4-16(20-14(17)9(2)3)12-6-10-5-11(8-12)15(18)19-13(16)7-10/h10-13H,2,4-8H2,1,3H3. The van der Waals surface area contributed by atoms with Gasteiger partial charge in [0.15, 0.2) is 5.60 Å². The summed E-state index contributed by atoms with van der Waals surface area (Å²) in [5.41, 5.74) is -0.242. The molecule has 20 heavy (non-hydrogen) atoms. The molecular formula is C16H22O4. The summed E-state index contributed by atoms with van der Waals surface area (Å²) in [4.78, 5) is 24.1. The van der Waals surface area contributed by atoms with Gasteiger partial charge in [-0.2, -0.15) is 0 Å². The van der Waals surface area contributed by atoms with Crippen LogP contribution in [0.4, 0.5) is 0 Å². The van der Waals surface area contributed by atoms with Crippen molar-refractivity contribution >= 4 is 11.9 Å². The summed E-state index contributed by atoms with van der Waals surface area (Å²) >= 11 is 0. The second kappa shape index (κ2) is 4.61. The fourth-order valence-electron chi connectivity index (χ4n) is 4.37. The molecule has 5 unspecified atom stereocenters. The lowest BCUT2D eigenvalue weighted by molar-refractivity contribution is -0.200. The molecule has 2 saturated carbocycles. The van der Waals surface area contributed by atoms with Crippen molar-refractivity contribution in [3.05, 3.63) is 12.2 Å². The summed E-state index contributed by atoms with van der Waals surface area (Å²) in [7, 11) is 0. The monoisotopic (exact) mass is 278 g/mol. The second-order valence-corrected chi connectivity index (χ2v) is 6.61. The Hall–Kier alpha value is -1.32. The van der Waals surface area contributed by atoms with Crippen LogP contribution in [-0.4, -0.2) is 23.6 Å². The molecule has 4 bridgehead atoms. The normalized spacial score (nSPS) is 42.0. The van der Waals surface area contributed by atoms with E-state index in [9.17, 15) is 9.59 Å². The van der Waals surface area contributed by atoms with Gasteiger partial charge in [0, 0.05) is 11.5 Å². The van der Waals surface area contributed by atoms with Crippen LogP contribution in [-0.2, 0) is 19.1 Å². The summed E-state index contributed by atoms with van der Waals surface area (Å²) in [5.74, 6) is 0.322. The zero-order valence-electron chi connectivity index (χ0n) is 12.2. The van der Waals surface area contributed by atoms with Gasteiger partial charge < -0.3 is 9.47 Å². The number of esters is 2. The van der Waals surface area contributed by atoms with E-state index in [4.69, 9.17) is 9.47 Å². The van der Waals surface area contributed by atoms with Crippen molar-refractivity contribution in [3.63, 3.8) is 0 Å². The van der Waals surface area contributed by atoms with Crippen LogP contribution in [0.5, 0.6) is 0 Å². The van der Waals surface area contributed by atoms with Gasteiger partial charge in [-0.3, -0.25) is 4.79 Å². The summed E-state index contributed by atoms with van der Waals surface area (Å²) < 4.78 is 11.5. The molecule has 110 valence electrons. The molecule has 2 heterocycles. The van der Waals surface area contributed by atoms with Crippen LogP contribution in [0.3, 0.4) is 0 Å². The van der Waals surface area contributed by atoms with E-state index in [-0.39, 0.29) is 29.9 Å². The molecule has 0 radical (unpaired) electrons. The second-order valence-electron chi connectivity index (χ2n) is 6.61. The van der Waals surface area contributed by atoms with Crippen LogP contribution >= 0.6 is 0 Å². The van der Waals surface area contributed by atoms with Crippen molar-refractivity contribution in [2.24, 2.45) is 17.8 Å². The molecule has 4 heteroatoms. The first-order valence-corrected chi connectivity index (χ1v) is 7.55. The lowest BCUT2D eigenvalue weighted by Crippen LogP contribution is -2.56. The molecular weight excluding hydrogens is 256 g/mol. The van der Waals surface area contributed by atoms with Crippen LogP contribution in [0.25, 0.3) is 0 Å². The number of carbonyl (C=O) groups excluding carboxylic acids is 2. The fourth-order valence-corrected chi connectivity index (χ4v) is 4.37. The molecule has 4 nitrogen and oxygen atoms in total. The van der Waals surface area contributed by atoms with Crippen molar-refractivity contribution in [2.75, 3.05) is 0 Å². The molecule has 0 N–H and O–H groups in total. The maximum Gasteiger partial charge on any atom is 0.333 e. The summed E-state index contributed by atoms with van der Waals surface area (Å²) in [6.45, 7) is 7.33. The molecule has 0 amide bonds. The number of hydrogen-bond acceptors (Lipinski definition) is 4. The van der Waals surface area contributed by atoms with E-state index in [0.29, 0.717) is 17.9 Å². The van der Waals surface area contributed by atoms with Gasteiger partial charge in [0.25, 0.3) is 0 Å². The van der Waals surface area contributed by atoms with Crippen molar-refractivity contribution in [1.29, 1.82) is 0 Å². The minimum atomic E-state index is -0.642. The third-order valence-corrected chi connectivity index (χ3v) is 5.36. The highest BCUT2D eigenvalue weighted by molar-refractivity contribution is 5.87. The topological polar surface area (TPSA) is 52.6 Å². The van der Waals surface area contributed by atoms with Gasteiger partial charge in [0.1, 0.15) is 6.10 Å². The lowest BCUT2D eigenvalue weighted by Gasteiger charge is -2.50. The SMILES string of the molecule is C=C(C)C(=O)OC1(CC)C2CC3CC(C2)C(=O)OC1C3. The van der Waals surface area contributed by atoms with Gasteiger partial charge >= 0.3 is 11.9 Å². The maximum absolute atomic E-state index is 12.1. The first kappa shape index (κ1) is 13.7. The Morgan fingerprint density at radius 1 is 1.40 bits per heavy atom. The van der Waals surface area contributed by atoms with Gasteiger partial charge in [-0.25, -0.2) is 4.79 Å². The van der Waals surface area contributed by atoms with Crippen LogP contribution in [0, 0.1) is 17.8 Å². The Balaban J connectivity index is 1.96. The van der Waals surface area contributed by atoms with Gasteiger partial charge in [-0.05, 0) is 44.9 Å². The highest BCUT2D eigenvalue weighted by atomic mass is 16.6. The smallest absolute Gasteiger partial charge is 0.333 e. The van der Waals surface area contributed by atoms with E-state index in [2.05, 4.69) is 6.58 Å². The zero-order valence-corrected chi connectivity index (χ0v) is 12.2. The van der Waals surface area contributed by atoms with E-state index in [1.807, 2.05) is 6.92 Å². The molecule has 4 rings (SSSR count). The summed E-state index contributed by atoms with van der Waals surface area (Å²) in [5, 5.41) is 0. The molecule has 5 atom stereocenters. The third-order valence-electron chi connectivity index (χ3n) is 5.36. The number of fused-ring (bicyclic) bond motifs is 1. The average Bonchev–Trinajstić information content (AvgIpc) is 2.56. The molecule has 2 aliphatic carbocycles. The predicted molar refractivity (Wildman–Crippen MR) is 72.7 cm³/mol. The Morgan fingerprint density at radius 2 is 2.15 bits per heavy atom. The van der Waals surface area contributed by atoms with Crippen molar-refractivity contribution < 1.29 is 19.1 Å². The quantitative estimate of drug-likeness (QED) is 0.588. The van der Waals surface area contributed by atoms with Crippen molar-refractivity contribution in [3.8, 4) is 0 Å². The molecule has 4 fully saturated rings. The molecule has 2 aliphatic heterocycles. The van der Waals surface area contributed by atoms with Crippen LogP contribution in [0.15, 0.2) is 12.2 Å². The zero-order chi connectivity index (χ0) is 14.5. The molecule has 0 aromatic heterocycles. The molecule has 0 aromatic carbocycles. The van der Waals surface area contributed by atoms with Gasteiger partial charge in [0.05, 0.1) is 5.92 Å². The Kier molecular flexibility index (Phi) is 3.14. The number of hydrogen-bond donors (Lipinski definition) is 0. The Bertz CT molecular complexity index is 469. The highest BCUT2D eigenvalue weighted by Crippen LogP contribution is 2.54. The van der Waals surface area contributed by atoms with Crippen molar-refractivity contribution in [1.82, 2.24) is 0 Å². The van der Waals surface area contributed by atoms with E-state index in [0.717, 1.165) is 25.7 Å². The fraction of sp³-hybridized carbons (Fsp3) is 0.750. The number of rotatable bonds is 3. The van der Waals surface area contributed by atoms with E-state index >= 15 is 0 Å². The molecule has 2 saturated heterocycles. The van der Waals surface area contributed by atoms with Crippen LogP contribution in [0.2, 0.25) is 0 Å². The summed E-state index contributed by atoms with van der Waals surface area (Å²) in [6, 6.07) is 0. The average molecular weight is 278 g/mol. The maximum atomic E-state index is 12.1. The largest absolute Gasteiger partial charge is 0.458 e. The first-order chi connectivity index (χ1) is 9.46. The molecule has 4 aliphatic rings. The number of ether oxygens (including phenoxy) is 2. The van der Waals surface area contributed by atoms with Crippen molar-refractivity contribution in [2.45, 2.75) is 57.7 Å². The minimum Gasteiger partial charge on any atom is -0.458 e. The number of carbonyl (C=O) groups is 2. The molecule has 0 aromatic rings. The minimum absolute atomic E-state index is 0.000653. The van der Waals surface area contributed by atoms with Crippen LogP contribution in [0.1, 0.15) is 46.0 Å². The van der Waals surface area contributed by atoms with Gasteiger partial charge in [0.2, 0.25) is 0 Å². The first-order valence-electron chi connectivity index (χ1n) is 7.55. The van der Waals surface area contributed by atoms with E-state index < -0.39 is 5.60 Å². The van der Waals surface area contributed by atoms with Crippen LogP contribution < -0.4 is 0 Å². The van der Waals surface area contributed by atoms with Gasteiger partial charge in [-0.15, -0.1) is 0 Å².